The van der Waals surface area contributed by atoms with E-state index in [1.54, 1.807) is 5.38 Å². The Labute approximate surface area is 160 Å². The van der Waals surface area contributed by atoms with Crippen molar-refractivity contribution in [2.24, 2.45) is 0 Å². The Morgan fingerprint density at radius 3 is 2.74 bits per heavy atom. The van der Waals surface area contributed by atoms with Crippen LogP contribution in [0, 0.1) is 0 Å². The lowest BCUT2D eigenvalue weighted by molar-refractivity contribution is -0.136. The Bertz CT molecular complexity index is 1100. The van der Waals surface area contributed by atoms with Gasteiger partial charge in [0.15, 0.2) is 0 Å². The predicted octanol–water partition coefficient (Wildman–Crippen LogP) is 5.17. The number of rotatable bonds is 6. The van der Waals surface area contributed by atoms with Gasteiger partial charge in [-0.2, -0.15) is 0 Å². The van der Waals surface area contributed by atoms with Crippen molar-refractivity contribution in [2.75, 3.05) is 0 Å². The topological polar surface area (TPSA) is 59.4 Å². The van der Waals surface area contributed by atoms with E-state index in [1.165, 1.54) is 22.1 Å². The Balaban J connectivity index is 1.53. The lowest BCUT2D eigenvalue weighted by Crippen LogP contribution is -2.00. The molecule has 0 spiro atoms. The van der Waals surface area contributed by atoms with Crippen LogP contribution in [0.2, 0.25) is 0 Å². The predicted molar refractivity (Wildman–Crippen MR) is 107 cm³/mol. The summed E-state index contributed by atoms with van der Waals surface area (Å²) in [5.74, 6) is -0.116. The fourth-order valence-corrected chi connectivity index (χ4v) is 3.79. The summed E-state index contributed by atoms with van der Waals surface area (Å²) in [7, 11) is 0. The second-order valence-electron chi connectivity index (χ2n) is 6.17. The number of benzene rings is 3. The van der Waals surface area contributed by atoms with E-state index in [9.17, 15) is 4.79 Å². The zero-order chi connectivity index (χ0) is 18.6. The number of ether oxygens (including phenoxy) is 1. The van der Waals surface area contributed by atoms with Crippen molar-refractivity contribution in [2.45, 2.75) is 13.0 Å². The molecule has 0 bridgehead atoms. The minimum atomic E-state index is -0.876. The Morgan fingerprint density at radius 1 is 1.04 bits per heavy atom. The summed E-state index contributed by atoms with van der Waals surface area (Å²) in [5.41, 5.74) is 2.63. The fourth-order valence-electron chi connectivity index (χ4n) is 2.97. The normalized spacial score (nSPS) is 10.8. The number of hydrogen-bond donors (Lipinski definition) is 1. The summed E-state index contributed by atoms with van der Waals surface area (Å²) in [5, 5.41) is 13.9. The average molecular weight is 375 g/mol. The second kappa shape index (κ2) is 7.60. The highest BCUT2D eigenvalue weighted by Gasteiger charge is 2.09. The summed E-state index contributed by atoms with van der Waals surface area (Å²) in [6, 6.07) is 22.2. The van der Waals surface area contributed by atoms with E-state index < -0.39 is 5.97 Å². The molecular formula is C22H17NO3S. The highest BCUT2D eigenvalue weighted by Crippen LogP contribution is 2.28. The molecule has 1 N–H and O–H groups in total. The number of thiazole rings is 1. The quantitative estimate of drug-likeness (QED) is 0.505. The first-order valence-electron chi connectivity index (χ1n) is 8.55. The van der Waals surface area contributed by atoms with Crippen LogP contribution in [0.3, 0.4) is 0 Å². The third-order valence-corrected chi connectivity index (χ3v) is 5.18. The van der Waals surface area contributed by atoms with Gasteiger partial charge in [0.1, 0.15) is 17.4 Å². The molecule has 0 saturated heterocycles. The summed E-state index contributed by atoms with van der Waals surface area (Å²) in [6.07, 6.45) is -0.0617. The molecule has 1 aromatic heterocycles. The average Bonchev–Trinajstić information content (AvgIpc) is 3.14. The number of carbonyl (C=O) groups is 1. The number of aromatic nitrogens is 1. The van der Waals surface area contributed by atoms with E-state index in [-0.39, 0.29) is 6.42 Å². The number of fused-ring (bicyclic) bond motifs is 1. The molecule has 0 radical (unpaired) electrons. The maximum Gasteiger partial charge on any atom is 0.309 e. The molecule has 3 aromatic carbocycles. The summed E-state index contributed by atoms with van der Waals surface area (Å²) >= 11 is 1.44. The first kappa shape index (κ1) is 17.2. The number of carboxylic acid groups (broad SMARTS) is 1. The smallest absolute Gasteiger partial charge is 0.309 e. The second-order valence-corrected chi connectivity index (χ2v) is 7.03. The highest BCUT2D eigenvalue weighted by atomic mass is 32.1. The third kappa shape index (κ3) is 3.99. The summed E-state index contributed by atoms with van der Waals surface area (Å²) in [4.78, 5) is 15.2. The Hall–Kier alpha value is -3.18. The molecule has 0 aliphatic rings. The monoisotopic (exact) mass is 375 g/mol. The molecule has 134 valence electrons. The largest absolute Gasteiger partial charge is 0.489 e. The van der Waals surface area contributed by atoms with Gasteiger partial charge in [-0.15, -0.1) is 11.3 Å². The molecule has 4 aromatic rings. The fraction of sp³-hybridized carbons (Fsp3) is 0.0909. The molecule has 0 unspecified atom stereocenters. The van der Waals surface area contributed by atoms with Crippen molar-refractivity contribution >= 4 is 28.1 Å². The molecule has 0 fully saturated rings. The maximum absolute atomic E-state index is 10.8. The summed E-state index contributed by atoms with van der Waals surface area (Å²) < 4.78 is 6.02. The van der Waals surface area contributed by atoms with Crippen LogP contribution in [-0.4, -0.2) is 16.1 Å². The Morgan fingerprint density at radius 2 is 1.85 bits per heavy atom. The van der Waals surface area contributed by atoms with Crippen molar-refractivity contribution in [3.63, 3.8) is 0 Å². The molecule has 0 aliphatic heterocycles. The minimum absolute atomic E-state index is 0.0617. The molecule has 0 saturated carbocycles. The first-order chi connectivity index (χ1) is 13.2. The van der Waals surface area contributed by atoms with Gasteiger partial charge < -0.3 is 9.84 Å². The van der Waals surface area contributed by atoms with Crippen LogP contribution in [0.15, 0.2) is 72.1 Å². The molecule has 4 nitrogen and oxygen atoms in total. The van der Waals surface area contributed by atoms with E-state index in [0.29, 0.717) is 12.3 Å². The van der Waals surface area contributed by atoms with Crippen LogP contribution in [0.5, 0.6) is 5.75 Å². The van der Waals surface area contributed by atoms with E-state index in [0.717, 1.165) is 21.9 Å². The van der Waals surface area contributed by atoms with Gasteiger partial charge in [-0.25, -0.2) is 4.98 Å². The van der Waals surface area contributed by atoms with Crippen molar-refractivity contribution < 1.29 is 14.6 Å². The number of carboxylic acids is 1. The van der Waals surface area contributed by atoms with Crippen molar-refractivity contribution in [1.29, 1.82) is 0 Å². The standard InChI is InChI=1S/C22H17NO3S/c24-21(25)12-18-14-27-22(23-18)16-7-4-9-19(11-16)26-13-17-8-3-6-15-5-1-2-10-20(15)17/h1-11,14H,12-13H2,(H,24,25). The van der Waals surface area contributed by atoms with Crippen LogP contribution in [0.4, 0.5) is 0 Å². The van der Waals surface area contributed by atoms with E-state index in [2.05, 4.69) is 29.2 Å². The van der Waals surface area contributed by atoms with Gasteiger partial charge in [-0.05, 0) is 28.5 Å². The molecule has 1 heterocycles. The molecule has 27 heavy (non-hydrogen) atoms. The summed E-state index contributed by atoms with van der Waals surface area (Å²) in [6.45, 7) is 0.479. The highest BCUT2D eigenvalue weighted by molar-refractivity contribution is 7.13. The van der Waals surface area contributed by atoms with E-state index in [4.69, 9.17) is 9.84 Å². The SMILES string of the molecule is O=C(O)Cc1csc(-c2cccc(OCc3cccc4ccccc34)c2)n1. The van der Waals surface area contributed by atoms with Crippen molar-refractivity contribution in [3.8, 4) is 16.3 Å². The van der Waals surface area contributed by atoms with E-state index >= 15 is 0 Å². The number of hydrogen-bond acceptors (Lipinski definition) is 4. The molecule has 5 heteroatoms. The van der Waals surface area contributed by atoms with Crippen LogP contribution in [-0.2, 0) is 17.8 Å². The molecule has 4 rings (SSSR count). The van der Waals surface area contributed by atoms with Gasteiger partial charge in [0.25, 0.3) is 0 Å². The van der Waals surface area contributed by atoms with Crippen LogP contribution < -0.4 is 4.74 Å². The Kier molecular flexibility index (Phi) is 4.85. The molecule has 0 amide bonds. The molecular weight excluding hydrogens is 358 g/mol. The lowest BCUT2D eigenvalue weighted by atomic mass is 10.1. The number of nitrogens with zero attached hydrogens (tertiary/aromatic N) is 1. The number of aliphatic carboxylic acids is 1. The van der Waals surface area contributed by atoms with Gasteiger partial charge in [0.2, 0.25) is 0 Å². The van der Waals surface area contributed by atoms with Crippen LogP contribution in [0.1, 0.15) is 11.3 Å². The van der Waals surface area contributed by atoms with E-state index in [1.807, 2.05) is 42.5 Å². The first-order valence-corrected chi connectivity index (χ1v) is 9.43. The van der Waals surface area contributed by atoms with Crippen LogP contribution >= 0.6 is 11.3 Å². The van der Waals surface area contributed by atoms with Gasteiger partial charge in [-0.3, -0.25) is 4.79 Å². The van der Waals surface area contributed by atoms with Gasteiger partial charge in [0.05, 0.1) is 12.1 Å². The van der Waals surface area contributed by atoms with Crippen LogP contribution in [0.25, 0.3) is 21.3 Å². The third-order valence-electron chi connectivity index (χ3n) is 4.24. The van der Waals surface area contributed by atoms with Gasteiger partial charge in [0, 0.05) is 10.9 Å². The van der Waals surface area contributed by atoms with Gasteiger partial charge in [-0.1, -0.05) is 54.6 Å². The van der Waals surface area contributed by atoms with Gasteiger partial charge >= 0.3 is 5.97 Å². The molecule has 0 aliphatic carbocycles. The minimum Gasteiger partial charge on any atom is -0.489 e. The maximum atomic E-state index is 10.8. The lowest BCUT2D eigenvalue weighted by Gasteiger charge is -2.10. The van der Waals surface area contributed by atoms with Crippen molar-refractivity contribution in [3.05, 3.63) is 83.4 Å². The zero-order valence-electron chi connectivity index (χ0n) is 14.5. The zero-order valence-corrected chi connectivity index (χ0v) is 15.3. The molecule has 0 atom stereocenters. The van der Waals surface area contributed by atoms with Crippen molar-refractivity contribution in [1.82, 2.24) is 4.98 Å².